The van der Waals surface area contributed by atoms with Crippen molar-refractivity contribution in [1.82, 2.24) is 5.32 Å². The van der Waals surface area contributed by atoms with Crippen LogP contribution in [-0.4, -0.2) is 23.5 Å². The molecule has 0 aliphatic heterocycles. The smallest absolute Gasteiger partial charge is 0.416 e. The average Bonchev–Trinajstić information content (AvgIpc) is 3.24. The summed E-state index contributed by atoms with van der Waals surface area (Å²) >= 11 is 0. The summed E-state index contributed by atoms with van der Waals surface area (Å²) in [5.74, 6) is 3.23. The van der Waals surface area contributed by atoms with Gasteiger partial charge in [0.25, 0.3) is 0 Å². The molecule has 0 saturated heterocycles. The van der Waals surface area contributed by atoms with Crippen LogP contribution in [0.3, 0.4) is 0 Å². The quantitative estimate of drug-likeness (QED) is 0.663. The number of nitrogens with one attached hydrogen (secondary N) is 1. The number of carboxylic acids is 1. The number of carboxylic acid groups (broad SMARTS) is 1. The molecule has 2 rings (SSSR count). The summed E-state index contributed by atoms with van der Waals surface area (Å²) in [5.41, 5.74) is -1.98. The molecular formula is C15H12F3NO3. The highest BCUT2D eigenvalue weighted by Crippen LogP contribution is 2.45. The Labute approximate surface area is 124 Å². The van der Waals surface area contributed by atoms with E-state index in [2.05, 4.69) is 17.2 Å². The number of benzene rings is 1. The Bertz CT molecular complexity index is 667. The van der Waals surface area contributed by atoms with Crippen LogP contribution in [0.4, 0.5) is 13.2 Å². The fourth-order valence-electron chi connectivity index (χ4n) is 1.88. The lowest BCUT2D eigenvalue weighted by Crippen LogP contribution is -2.37. The molecular weight excluding hydrogens is 299 g/mol. The van der Waals surface area contributed by atoms with Crippen LogP contribution in [0.25, 0.3) is 0 Å². The van der Waals surface area contributed by atoms with E-state index in [9.17, 15) is 22.8 Å². The summed E-state index contributed by atoms with van der Waals surface area (Å²) in [7, 11) is 0. The SMILES string of the molecule is O=C(O)C1(C(=O)NCC#Cc2cccc(C(F)(F)F)c2)CC1. The number of carbonyl (C=O) groups is 2. The number of hydrogen-bond acceptors (Lipinski definition) is 2. The van der Waals surface area contributed by atoms with Gasteiger partial charge in [-0.05, 0) is 31.0 Å². The van der Waals surface area contributed by atoms with Crippen LogP contribution in [0.15, 0.2) is 24.3 Å². The molecule has 7 heteroatoms. The van der Waals surface area contributed by atoms with E-state index in [1.54, 1.807) is 0 Å². The van der Waals surface area contributed by atoms with Crippen LogP contribution >= 0.6 is 0 Å². The van der Waals surface area contributed by atoms with Crippen molar-refractivity contribution in [3.05, 3.63) is 35.4 Å². The maximum absolute atomic E-state index is 12.5. The van der Waals surface area contributed by atoms with Gasteiger partial charge in [-0.2, -0.15) is 13.2 Å². The van der Waals surface area contributed by atoms with Crippen LogP contribution in [0.1, 0.15) is 24.0 Å². The summed E-state index contributed by atoms with van der Waals surface area (Å²) in [4.78, 5) is 22.6. The standard InChI is InChI=1S/C15H12F3NO3/c16-15(17,18)11-5-1-3-10(9-11)4-2-8-19-12(20)14(6-7-14)13(21)22/h1,3,5,9H,6-8H2,(H,19,20)(H,21,22). The van der Waals surface area contributed by atoms with Gasteiger partial charge >= 0.3 is 12.1 Å². The fraction of sp³-hybridized carbons (Fsp3) is 0.333. The molecule has 0 atom stereocenters. The van der Waals surface area contributed by atoms with Crippen molar-refractivity contribution in [3.8, 4) is 11.8 Å². The Hall–Kier alpha value is -2.49. The molecule has 116 valence electrons. The highest BCUT2D eigenvalue weighted by atomic mass is 19.4. The highest BCUT2D eigenvalue weighted by molar-refractivity contribution is 6.04. The Balaban J connectivity index is 1.95. The monoisotopic (exact) mass is 311 g/mol. The van der Waals surface area contributed by atoms with E-state index in [4.69, 9.17) is 5.11 Å². The van der Waals surface area contributed by atoms with E-state index >= 15 is 0 Å². The first kappa shape index (κ1) is 15.9. The van der Waals surface area contributed by atoms with Crippen LogP contribution in [-0.2, 0) is 15.8 Å². The Morgan fingerprint density at radius 2 is 2.00 bits per heavy atom. The average molecular weight is 311 g/mol. The summed E-state index contributed by atoms with van der Waals surface area (Å²) < 4.78 is 37.5. The number of halogens is 3. The van der Waals surface area contributed by atoms with Gasteiger partial charge in [0.15, 0.2) is 0 Å². The Kier molecular flexibility index (Phi) is 4.13. The molecule has 0 radical (unpaired) electrons. The molecule has 0 aromatic heterocycles. The first-order valence-corrected chi connectivity index (χ1v) is 6.43. The molecule has 0 bridgehead atoms. The van der Waals surface area contributed by atoms with Crippen LogP contribution in [0.5, 0.6) is 0 Å². The molecule has 4 nitrogen and oxygen atoms in total. The predicted octanol–water partition coefficient (Wildman–Crippen LogP) is 2.04. The highest BCUT2D eigenvalue weighted by Gasteiger charge is 2.56. The van der Waals surface area contributed by atoms with E-state index in [0.29, 0.717) is 0 Å². The van der Waals surface area contributed by atoms with E-state index in [0.717, 1.165) is 12.1 Å². The number of aliphatic carboxylic acids is 1. The van der Waals surface area contributed by atoms with E-state index in [1.165, 1.54) is 12.1 Å². The van der Waals surface area contributed by atoms with Crippen LogP contribution in [0, 0.1) is 17.3 Å². The van der Waals surface area contributed by atoms with E-state index in [-0.39, 0.29) is 24.9 Å². The minimum Gasteiger partial charge on any atom is -0.480 e. The number of hydrogen-bond donors (Lipinski definition) is 2. The third-order valence-electron chi connectivity index (χ3n) is 3.35. The molecule has 0 unspecified atom stereocenters. The molecule has 1 aromatic rings. The third-order valence-corrected chi connectivity index (χ3v) is 3.35. The van der Waals surface area contributed by atoms with Gasteiger partial charge in [0.2, 0.25) is 5.91 Å². The fourth-order valence-corrected chi connectivity index (χ4v) is 1.88. The van der Waals surface area contributed by atoms with Crippen molar-refractivity contribution < 1.29 is 27.9 Å². The maximum Gasteiger partial charge on any atom is 0.416 e. The van der Waals surface area contributed by atoms with Gasteiger partial charge in [0.05, 0.1) is 12.1 Å². The molecule has 2 N–H and O–H groups in total. The minimum atomic E-state index is -4.44. The van der Waals surface area contributed by atoms with Crippen molar-refractivity contribution in [2.24, 2.45) is 5.41 Å². The second-order valence-corrected chi connectivity index (χ2v) is 4.95. The molecule has 1 aliphatic rings. The van der Waals surface area contributed by atoms with Crippen LogP contribution < -0.4 is 5.32 Å². The third kappa shape index (κ3) is 3.39. The molecule has 0 heterocycles. The van der Waals surface area contributed by atoms with Crippen molar-refractivity contribution in [3.63, 3.8) is 0 Å². The molecule has 1 saturated carbocycles. The zero-order valence-electron chi connectivity index (χ0n) is 11.3. The van der Waals surface area contributed by atoms with Crippen molar-refractivity contribution in [2.45, 2.75) is 19.0 Å². The summed E-state index contributed by atoms with van der Waals surface area (Å²) in [6, 6.07) is 4.52. The van der Waals surface area contributed by atoms with Crippen molar-refractivity contribution in [2.75, 3.05) is 6.54 Å². The zero-order valence-corrected chi connectivity index (χ0v) is 11.3. The number of amides is 1. The largest absolute Gasteiger partial charge is 0.480 e. The lowest BCUT2D eigenvalue weighted by molar-refractivity contribution is -0.149. The Morgan fingerprint density at radius 3 is 2.55 bits per heavy atom. The zero-order chi connectivity index (χ0) is 16.4. The van der Waals surface area contributed by atoms with Crippen molar-refractivity contribution >= 4 is 11.9 Å². The molecule has 1 aliphatic carbocycles. The molecule has 0 spiro atoms. The van der Waals surface area contributed by atoms with Gasteiger partial charge in [0.1, 0.15) is 5.41 Å². The molecule has 22 heavy (non-hydrogen) atoms. The number of alkyl halides is 3. The normalized spacial score (nSPS) is 15.4. The van der Waals surface area contributed by atoms with Gasteiger partial charge in [-0.1, -0.05) is 17.9 Å². The Morgan fingerprint density at radius 1 is 1.32 bits per heavy atom. The molecule has 1 aromatic carbocycles. The van der Waals surface area contributed by atoms with Gasteiger partial charge < -0.3 is 10.4 Å². The molecule has 1 fully saturated rings. The summed E-state index contributed by atoms with van der Waals surface area (Å²) in [6.07, 6.45) is -3.86. The van der Waals surface area contributed by atoms with Gasteiger partial charge in [0, 0.05) is 5.56 Å². The van der Waals surface area contributed by atoms with Crippen molar-refractivity contribution in [1.29, 1.82) is 0 Å². The topological polar surface area (TPSA) is 66.4 Å². The van der Waals surface area contributed by atoms with E-state index in [1.807, 2.05) is 0 Å². The summed E-state index contributed by atoms with van der Waals surface area (Å²) in [5, 5.41) is 11.3. The predicted molar refractivity (Wildman–Crippen MR) is 70.6 cm³/mol. The second kappa shape index (κ2) is 5.72. The van der Waals surface area contributed by atoms with Gasteiger partial charge in [-0.3, -0.25) is 9.59 Å². The second-order valence-electron chi connectivity index (χ2n) is 4.95. The summed E-state index contributed by atoms with van der Waals surface area (Å²) in [6.45, 7) is -0.121. The lowest BCUT2D eigenvalue weighted by atomic mass is 10.1. The minimum absolute atomic E-state index is 0.121. The van der Waals surface area contributed by atoms with E-state index < -0.39 is 29.0 Å². The number of rotatable bonds is 3. The van der Waals surface area contributed by atoms with Crippen LogP contribution in [0.2, 0.25) is 0 Å². The maximum atomic E-state index is 12.5. The molecule has 1 amide bonds. The van der Waals surface area contributed by atoms with Gasteiger partial charge in [-0.15, -0.1) is 0 Å². The lowest BCUT2D eigenvalue weighted by Gasteiger charge is -2.08. The first-order chi connectivity index (χ1) is 10.3. The number of carbonyl (C=O) groups excluding carboxylic acids is 1. The first-order valence-electron chi connectivity index (χ1n) is 6.43. The van der Waals surface area contributed by atoms with Gasteiger partial charge in [-0.25, -0.2) is 0 Å².